The van der Waals surface area contributed by atoms with Crippen LogP contribution in [0.25, 0.3) is 0 Å². The minimum absolute atomic E-state index is 0.0188. The molecular formula is C15H24N4O2. The Morgan fingerprint density at radius 3 is 2.71 bits per heavy atom. The summed E-state index contributed by atoms with van der Waals surface area (Å²) < 4.78 is 5.78. The van der Waals surface area contributed by atoms with Gasteiger partial charge in [-0.3, -0.25) is 9.89 Å². The van der Waals surface area contributed by atoms with Gasteiger partial charge in [0.25, 0.3) is 5.91 Å². The van der Waals surface area contributed by atoms with E-state index in [2.05, 4.69) is 22.0 Å². The second kappa shape index (κ2) is 5.77. The lowest BCUT2D eigenvalue weighted by Crippen LogP contribution is -2.48. The third kappa shape index (κ3) is 2.70. The molecule has 1 amide bonds. The van der Waals surface area contributed by atoms with Gasteiger partial charge in [-0.15, -0.1) is 0 Å². The molecule has 3 heterocycles. The number of fused-ring (bicyclic) bond motifs is 1. The third-order valence-electron chi connectivity index (χ3n) is 4.54. The molecule has 1 aromatic heterocycles. The number of H-pyrrole nitrogens is 1. The van der Waals surface area contributed by atoms with E-state index in [1.165, 1.54) is 0 Å². The van der Waals surface area contributed by atoms with E-state index < -0.39 is 0 Å². The maximum absolute atomic E-state index is 12.7. The smallest absolute Gasteiger partial charge is 0.274 e. The predicted octanol–water partition coefficient (Wildman–Crippen LogP) is 1.21. The first-order valence-electron chi connectivity index (χ1n) is 7.84. The molecule has 0 spiro atoms. The number of rotatable bonds is 2. The van der Waals surface area contributed by atoms with Crippen LogP contribution in [0, 0.1) is 0 Å². The summed E-state index contributed by atoms with van der Waals surface area (Å²) >= 11 is 0. The van der Waals surface area contributed by atoms with Crippen molar-refractivity contribution in [3.63, 3.8) is 0 Å². The molecule has 21 heavy (non-hydrogen) atoms. The van der Waals surface area contributed by atoms with Crippen molar-refractivity contribution in [1.29, 1.82) is 0 Å². The Balaban J connectivity index is 1.77. The average Bonchev–Trinajstić information content (AvgIpc) is 2.90. The summed E-state index contributed by atoms with van der Waals surface area (Å²) in [7, 11) is 0. The summed E-state index contributed by atoms with van der Waals surface area (Å²) in [5, 5.41) is 7.29. The van der Waals surface area contributed by atoms with E-state index in [1.807, 2.05) is 18.7 Å². The van der Waals surface area contributed by atoms with Gasteiger partial charge in [0.15, 0.2) is 5.69 Å². The Morgan fingerprint density at radius 2 is 2.05 bits per heavy atom. The Kier molecular flexibility index (Phi) is 3.99. The lowest BCUT2D eigenvalue weighted by molar-refractivity contribution is -0.00704. The minimum atomic E-state index is -0.0188. The van der Waals surface area contributed by atoms with Crippen LogP contribution in [0.15, 0.2) is 0 Å². The van der Waals surface area contributed by atoms with E-state index in [4.69, 9.17) is 4.74 Å². The van der Waals surface area contributed by atoms with Crippen molar-refractivity contribution in [3.05, 3.63) is 17.0 Å². The zero-order valence-electron chi connectivity index (χ0n) is 13.1. The average molecular weight is 292 g/mol. The molecule has 3 rings (SSSR count). The zero-order chi connectivity index (χ0) is 15.0. The highest BCUT2D eigenvalue weighted by Crippen LogP contribution is 2.30. The number of amides is 1. The molecular weight excluding hydrogens is 268 g/mol. The first-order valence-corrected chi connectivity index (χ1v) is 7.84. The van der Waals surface area contributed by atoms with Gasteiger partial charge in [0, 0.05) is 38.2 Å². The van der Waals surface area contributed by atoms with Crippen molar-refractivity contribution in [2.24, 2.45) is 0 Å². The summed E-state index contributed by atoms with van der Waals surface area (Å²) in [6, 6.07) is 0. The maximum Gasteiger partial charge on any atom is 0.274 e. The number of nitrogens with one attached hydrogen (secondary N) is 1. The monoisotopic (exact) mass is 292 g/mol. The summed E-state index contributed by atoms with van der Waals surface area (Å²) in [5.41, 5.74) is 2.60. The normalized spacial score (nSPS) is 26.7. The fourth-order valence-corrected chi connectivity index (χ4v) is 3.27. The molecule has 0 unspecified atom stereocenters. The molecule has 1 N–H and O–H groups in total. The summed E-state index contributed by atoms with van der Waals surface area (Å²) in [6.45, 7) is 10.7. The van der Waals surface area contributed by atoms with E-state index in [1.54, 1.807) is 0 Å². The van der Waals surface area contributed by atoms with Crippen molar-refractivity contribution < 1.29 is 9.53 Å². The predicted molar refractivity (Wildman–Crippen MR) is 79.3 cm³/mol. The Hall–Kier alpha value is -1.40. The Morgan fingerprint density at radius 1 is 1.33 bits per heavy atom. The number of likely N-dealkylation sites (N-methyl/N-ethyl adjacent to an activating group) is 1. The highest BCUT2D eigenvalue weighted by molar-refractivity contribution is 5.94. The van der Waals surface area contributed by atoms with Crippen LogP contribution >= 0.6 is 0 Å². The van der Waals surface area contributed by atoms with Crippen molar-refractivity contribution in [1.82, 2.24) is 20.0 Å². The van der Waals surface area contributed by atoms with E-state index in [0.29, 0.717) is 5.69 Å². The van der Waals surface area contributed by atoms with Crippen LogP contribution in [0.3, 0.4) is 0 Å². The van der Waals surface area contributed by atoms with Gasteiger partial charge in [0.2, 0.25) is 0 Å². The Labute approximate surface area is 125 Å². The van der Waals surface area contributed by atoms with Crippen LogP contribution in [0.5, 0.6) is 0 Å². The topological polar surface area (TPSA) is 61.5 Å². The van der Waals surface area contributed by atoms with Gasteiger partial charge >= 0.3 is 0 Å². The van der Waals surface area contributed by atoms with Gasteiger partial charge in [-0.1, -0.05) is 6.92 Å². The number of carbonyl (C=O) groups excluding carboxylic acids is 1. The fraction of sp³-hybridized carbons (Fsp3) is 0.733. The number of ether oxygens (including phenoxy) is 1. The first-order chi connectivity index (χ1) is 10.1. The van der Waals surface area contributed by atoms with E-state index in [0.717, 1.165) is 50.4 Å². The number of aromatic amines is 1. The van der Waals surface area contributed by atoms with Gasteiger partial charge in [-0.25, -0.2) is 0 Å². The summed E-state index contributed by atoms with van der Waals surface area (Å²) in [4.78, 5) is 17.0. The number of aromatic nitrogens is 2. The van der Waals surface area contributed by atoms with Gasteiger partial charge in [-0.2, -0.15) is 5.10 Å². The summed E-state index contributed by atoms with van der Waals surface area (Å²) in [6.07, 6.45) is 0.870. The Bertz CT molecular complexity index is 520. The molecule has 6 nitrogen and oxygen atoms in total. The van der Waals surface area contributed by atoms with Crippen molar-refractivity contribution >= 4 is 5.91 Å². The molecule has 2 aliphatic heterocycles. The van der Waals surface area contributed by atoms with Gasteiger partial charge in [0.1, 0.15) is 0 Å². The molecule has 1 fully saturated rings. The number of piperazine rings is 1. The van der Waals surface area contributed by atoms with Gasteiger partial charge in [-0.05, 0) is 20.4 Å². The largest absolute Gasteiger partial charge is 0.369 e. The molecule has 2 aliphatic rings. The van der Waals surface area contributed by atoms with Gasteiger partial charge < -0.3 is 14.5 Å². The van der Waals surface area contributed by atoms with E-state index in [-0.39, 0.29) is 18.1 Å². The maximum atomic E-state index is 12.7. The molecule has 0 saturated carbocycles. The SMILES string of the molecule is CCN1CCN(C(=O)c2n[nH]c3c2C[C@H](C)O[C@@H]3C)CC1. The number of hydrogen-bond acceptors (Lipinski definition) is 4. The van der Waals surface area contributed by atoms with E-state index in [9.17, 15) is 4.79 Å². The molecule has 0 aliphatic carbocycles. The van der Waals surface area contributed by atoms with Crippen molar-refractivity contribution in [2.45, 2.75) is 39.4 Å². The molecule has 2 atom stereocenters. The van der Waals surface area contributed by atoms with Crippen LogP contribution in [-0.4, -0.2) is 64.7 Å². The molecule has 0 radical (unpaired) electrons. The van der Waals surface area contributed by atoms with E-state index >= 15 is 0 Å². The molecule has 1 aromatic rings. The molecule has 1 saturated heterocycles. The first kappa shape index (κ1) is 14.5. The molecule has 116 valence electrons. The van der Waals surface area contributed by atoms with Crippen molar-refractivity contribution in [2.75, 3.05) is 32.7 Å². The molecule has 6 heteroatoms. The lowest BCUT2D eigenvalue weighted by Gasteiger charge is -2.34. The standard InChI is InChI=1S/C15H24N4O2/c1-4-18-5-7-19(8-6-18)15(20)14-12-9-10(2)21-11(3)13(12)16-17-14/h10-11H,4-9H2,1-3H3,(H,16,17)/t10-,11+/m0/s1. The quantitative estimate of drug-likeness (QED) is 0.890. The zero-order valence-corrected chi connectivity index (χ0v) is 13.1. The highest BCUT2D eigenvalue weighted by Gasteiger charge is 2.32. The van der Waals surface area contributed by atoms with Crippen LogP contribution < -0.4 is 0 Å². The third-order valence-corrected chi connectivity index (χ3v) is 4.54. The summed E-state index contributed by atoms with van der Waals surface area (Å²) in [5.74, 6) is 0.0598. The number of carbonyl (C=O) groups is 1. The van der Waals surface area contributed by atoms with Crippen LogP contribution in [0.2, 0.25) is 0 Å². The lowest BCUT2D eigenvalue weighted by atomic mass is 9.99. The minimum Gasteiger partial charge on any atom is -0.369 e. The molecule has 0 aromatic carbocycles. The fourth-order valence-electron chi connectivity index (χ4n) is 3.27. The second-order valence-electron chi connectivity index (χ2n) is 5.98. The van der Waals surface area contributed by atoms with Gasteiger partial charge in [0.05, 0.1) is 17.9 Å². The second-order valence-corrected chi connectivity index (χ2v) is 5.98. The van der Waals surface area contributed by atoms with Crippen LogP contribution in [0.1, 0.15) is 48.6 Å². The number of hydrogen-bond donors (Lipinski definition) is 1. The highest BCUT2D eigenvalue weighted by atomic mass is 16.5. The van der Waals surface area contributed by atoms with Crippen molar-refractivity contribution in [3.8, 4) is 0 Å². The molecule has 0 bridgehead atoms. The van der Waals surface area contributed by atoms with Crippen LogP contribution in [0.4, 0.5) is 0 Å². The number of nitrogens with zero attached hydrogens (tertiary/aromatic N) is 3. The van der Waals surface area contributed by atoms with Crippen LogP contribution in [-0.2, 0) is 11.2 Å².